The van der Waals surface area contributed by atoms with E-state index in [1.807, 2.05) is 23.5 Å². The molecule has 0 spiro atoms. The molecule has 1 aliphatic carbocycles. The summed E-state index contributed by atoms with van der Waals surface area (Å²) in [6, 6.07) is 8.19. The Bertz CT molecular complexity index is 996. The number of morpholine rings is 1. The van der Waals surface area contributed by atoms with Crippen molar-refractivity contribution in [3.63, 3.8) is 0 Å². The SMILES string of the molecule is COc1ccc(CNc2nc(CN3CCOCC3)nc3sc4c(c23)CCC4)cc1. The number of aryl methyl sites for hydroxylation is 2. The summed E-state index contributed by atoms with van der Waals surface area (Å²) in [4.78, 5) is 14.9. The average molecular weight is 411 g/mol. The molecule has 0 radical (unpaired) electrons. The van der Waals surface area contributed by atoms with E-state index in [0.717, 1.165) is 68.0 Å². The van der Waals surface area contributed by atoms with Gasteiger partial charge in [0.05, 0.1) is 32.3 Å². The van der Waals surface area contributed by atoms with Crippen LogP contribution in [0.15, 0.2) is 24.3 Å². The van der Waals surface area contributed by atoms with Gasteiger partial charge in [-0.15, -0.1) is 11.3 Å². The van der Waals surface area contributed by atoms with Crippen LogP contribution in [0.2, 0.25) is 0 Å². The van der Waals surface area contributed by atoms with Crippen molar-refractivity contribution >= 4 is 27.4 Å². The van der Waals surface area contributed by atoms with Crippen LogP contribution < -0.4 is 10.1 Å². The first-order valence-corrected chi connectivity index (χ1v) is 11.1. The van der Waals surface area contributed by atoms with Gasteiger partial charge < -0.3 is 14.8 Å². The highest BCUT2D eigenvalue weighted by molar-refractivity contribution is 7.19. The summed E-state index contributed by atoms with van der Waals surface area (Å²) in [5.41, 5.74) is 2.67. The molecule has 2 aliphatic rings. The number of fused-ring (bicyclic) bond motifs is 3. The Morgan fingerprint density at radius 2 is 1.97 bits per heavy atom. The maximum atomic E-state index is 5.47. The molecule has 152 valence electrons. The van der Waals surface area contributed by atoms with Crippen LogP contribution in [0, 0.1) is 0 Å². The van der Waals surface area contributed by atoms with Gasteiger partial charge in [0.15, 0.2) is 0 Å². The highest BCUT2D eigenvalue weighted by Gasteiger charge is 2.23. The van der Waals surface area contributed by atoms with Crippen molar-refractivity contribution in [2.75, 3.05) is 38.7 Å². The zero-order chi connectivity index (χ0) is 19.6. The van der Waals surface area contributed by atoms with Crippen molar-refractivity contribution in [2.45, 2.75) is 32.4 Å². The van der Waals surface area contributed by atoms with Gasteiger partial charge >= 0.3 is 0 Å². The molecule has 2 aromatic heterocycles. The minimum Gasteiger partial charge on any atom is -0.497 e. The number of thiophene rings is 1. The first-order valence-electron chi connectivity index (χ1n) is 10.3. The number of ether oxygens (including phenoxy) is 2. The summed E-state index contributed by atoms with van der Waals surface area (Å²) >= 11 is 1.85. The van der Waals surface area contributed by atoms with Crippen LogP contribution in [0.1, 0.15) is 28.2 Å². The van der Waals surface area contributed by atoms with E-state index >= 15 is 0 Å². The number of hydrogen-bond donors (Lipinski definition) is 1. The third-order valence-corrected chi connectivity index (χ3v) is 6.88. The van der Waals surface area contributed by atoms with E-state index in [9.17, 15) is 0 Å². The first-order chi connectivity index (χ1) is 14.3. The Labute approximate surface area is 174 Å². The standard InChI is InChI=1S/C22H26N4O2S/c1-27-16-7-5-15(6-8-16)13-23-21-20-17-3-2-4-18(17)29-22(20)25-19(24-21)14-26-9-11-28-12-10-26/h5-8H,2-4,9-14H2,1H3,(H,23,24,25). The molecule has 6 nitrogen and oxygen atoms in total. The number of anilines is 1. The molecule has 3 aromatic rings. The van der Waals surface area contributed by atoms with Crippen molar-refractivity contribution in [3.05, 3.63) is 46.1 Å². The lowest BCUT2D eigenvalue weighted by Crippen LogP contribution is -2.36. The Morgan fingerprint density at radius 3 is 2.76 bits per heavy atom. The van der Waals surface area contributed by atoms with E-state index < -0.39 is 0 Å². The molecule has 0 bridgehead atoms. The van der Waals surface area contributed by atoms with Crippen molar-refractivity contribution in [3.8, 4) is 5.75 Å². The van der Waals surface area contributed by atoms with E-state index in [2.05, 4.69) is 22.3 Å². The lowest BCUT2D eigenvalue weighted by Gasteiger charge is -2.25. The van der Waals surface area contributed by atoms with Gasteiger partial charge in [-0.3, -0.25) is 4.90 Å². The molecule has 1 fully saturated rings. The fourth-order valence-electron chi connectivity index (χ4n) is 4.13. The Morgan fingerprint density at radius 1 is 1.14 bits per heavy atom. The molecule has 1 N–H and O–H groups in total. The fraction of sp³-hybridized carbons (Fsp3) is 0.455. The van der Waals surface area contributed by atoms with Gasteiger partial charge in [-0.25, -0.2) is 9.97 Å². The van der Waals surface area contributed by atoms with Crippen LogP contribution >= 0.6 is 11.3 Å². The van der Waals surface area contributed by atoms with Gasteiger partial charge in [0.2, 0.25) is 0 Å². The smallest absolute Gasteiger partial charge is 0.146 e. The number of rotatable bonds is 6. The predicted molar refractivity (Wildman–Crippen MR) is 116 cm³/mol. The monoisotopic (exact) mass is 410 g/mol. The largest absolute Gasteiger partial charge is 0.497 e. The third kappa shape index (κ3) is 3.95. The average Bonchev–Trinajstić information content (AvgIpc) is 3.34. The highest BCUT2D eigenvalue weighted by atomic mass is 32.1. The summed E-state index contributed by atoms with van der Waals surface area (Å²) in [5.74, 6) is 2.76. The topological polar surface area (TPSA) is 59.5 Å². The van der Waals surface area contributed by atoms with Gasteiger partial charge in [-0.05, 0) is 42.5 Å². The quantitative estimate of drug-likeness (QED) is 0.670. The molecule has 0 unspecified atom stereocenters. The summed E-state index contributed by atoms with van der Waals surface area (Å²) in [6.45, 7) is 4.97. The zero-order valence-corrected chi connectivity index (χ0v) is 17.6. The minimum atomic E-state index is 0.734. The first kappa shape index (κ1) is 18.8. The molecule has 1 aliphatic heterocycles. The van der Waals surface area contributed by atoms with E-state index in [1.165, 1.54) is 34.2 Å². The zero-order valence-electron chi connectivity index (χ0n) is 16.7. The molecule has 3 heterocycles. The van der Waals surface area contributed by atoms with Crippen molar-refractivity contribution in [2.24, 2.45) is 0 Å². The predicted octanol–water partition coefficient (Wildman–Crippen LogP) is 3.63. The Hall–Kier alpha value is -2.22. The maximum absolute atomic E-state index is 5.47. The molecule has 29 heavy (non-hydrogen) atoms. The van der Waals surface area contributed by atoms with Gasteiger partial charge in [-0.1, -0.05) is 12.1 Å². The second-order valence-corrected chi connectivity index (χ2v) is 8.70. The Balaban J connectivity index is 1.43. The van der Waals surface area contributed by atoms with Crippen LogP contribution in [-0.2, 0) is 30.7 Å². The number of aromatic nitrogens is 2. The van der Waals surface area contributed by atoms with E-state index in [-0.39, 0.29) is 0 Å². The highest BCUT2D eigenvalue weighted by Crippen LogP contribution is 2.39. The number of methoxy groups -OCH3 is 1. The third-order valence-electron chi connectivity index (χ3n) is 5.70. The molecule has 1 aromatic carbocycles. The maximum Gasteiger partial charge on any atom is 0.146 e. The van der Waals surface area contributed by atoms with E-state index in [4.69, 9.17) is 19.4 Å². The minimum absolute atomic E-state index is 0.734. The number of benzene rings is 1. The summed E-state index contributed by atoms with van der Waals surface area (Å²) in [5, 5.41) is 4.84. The summed E-state index contributed by atoms with van der Waals surface area (Å²) in [7, 11) is 1.69. The molecule has 0 amide bonds. The van der Waals surface area contributed by atoms with Crippen LogP contribution in [0.25, 0.3) is 10.2 Å². The number of hydrogen-bond acceptors (Lipinski definition) is 7. The molecular formula is C22H26N4O2S. The van der Waals surface area contributed by atoms with Gasteiger partial charge in [-0.2, -0.15) is 0 Å². The molecular weight excluding hydrogens is 384 g/mol. The van der Waals surface area contributed by atoms with E-state index in [0.29, 0.717) is 0 Å². The van der Waals surface area contributed by atoms with Crippen molar-refractivity contribution in [1.82, 2.24) is 14.9 Å². The molecule has 1 saturated heterocycles. The fourth-order valence-corrected chi connectivity index (χ4v) is 5.41. The number of nitrogens with zero attached hydrogens (tertiary/aromatic N) is 3. The van der Waals surface area contributed by atoms with Crippen LogP contribution in [0.5, 0.6) is 5.75 Å². The van der Waals surface area contributed by atoms with E-state index in [1.54, 1.807) is 7.11 Å². The van der Waals surface area contributed by atoms with Crippen molar-refractivity contribution < 1.29 is 9.47 Å². The van der Waals surface area contributed by atoms with Crippen LogP contribution in [-0.4, -0.2) is 48.3 Å². The lowest BCUT2D eigenvalue weighted by atomic mass is 10.1. The van der Waals surface area contributed by atoms with Crippen LogP contribution in [0.3, 0.4) is 0 Å². The molecule has 5 rings (SSSR count). The van der Waals surface area contributed by atoms with Crippen LogP contribution in [0.4, 0.5) is 5.82 Å². The van der Waals surface area contributed by atoms with Crippen molar-refractivity contribution in [1.29, 1.82) is 0 Å². The molecule has 7 heteroatoms. The summed E-state index contributed by atoms with van der Waals surface area (Å²) < 4.78 is 10.7. The van der Waals surface area contributed by atoms with Gasteiger partial charge in [0.1, 0.15) is 22.2 Å². The second-order valence-electron chi connectivity index (χ2n) is 7.62. The normalized spacial score (nSPS) is 16.9. The number of nitrogens with one attached hydrogen (secondary N) is 1. The second kappa shape index (κ2) is 8.26. The Kier molecular flexibility index (Phi) is 5.35. The lowest BCUT2D eigenvalue weighted by molar-refractivity contribution is 0.0331. The van der Waals surface area contributed by atoms with Gasteiger partial charge in [0.25, 0.3) is 0 Å². The summed E-state index contributed by atoms with van der Waals surface area (Å²) in [6.07, 6.45) is 3.55. The molecule has 0 atom stereocenters. The van der Waals surface area contributed by atoms with Gasteiger partial charge in [0, 0.05) is 24.5 Å². The molecule has 0 saturated carbocycles.